The molecule has 3 aliphatic rings. The lowest BCUT2D eigenvalue weighted by atomic mass is 9.81. The van der Waals surface area contributed by atoms with Crippen LogP contribution < -0.4 is 10.5 Å². The Morgan fingerprint density at radius 1 is 1.18 bits per heavy atom. The SMILES string of the molecule is Cc1ccc(OC(F)(F)F)c(C2=C[P+]3(C(=O)OC(C)(C)C)CCC2(N)CC3)c1. The van der Waals surface area contributed by atoms with Crippen molar-refractivity contribution in [3.05, 3.63) is 35.1 Å². The zero-order valence-electron chi connectivity index (χ0n) is 16.5. The van der Waals surface area contributed by atoms with Crippen molar-refractivity contribution in [3.8, 4) is 5.75 Å². The molecule has 4 rings (SSSR count). The van der Waals surface area contributed by atoms with E-state index in [9.17, 15) is 18.0 Å². The third-order valence-electron chi connectivity index (χ3n) is 5.23. The van der Waals surface area contributed by atoms with E-state index in [1.807, 2.05) is 26.6 Å². The quantitative estimate of drug-likeness (QED) is 0.643. The molecule has 1 saturated heterocycles. The van der Waals surface area contributed by atoms with Crippen LogP contribution in [0.2, 0.25) is 0 Å². The Balaban J connectivity index is 2.10. The maximum Gasteiger partial charge on any atom is 0.573 e. The van der Waals surface area contributed by atoms with E-state index in [1.165, 1.54) is 6.07 Å². The third-order valence-corrected chi connectivity index (χ3v) is 8.85. The third kappa shape index (κ3) is 4.20. The predicted molar refractivity (Wildman–Crippen MR) is 105 cm³/mol. The van der Waals surface area contributed by atoms with Gasteiger partial charge in [-0.25, -0.2) is 4.79 Å². The Kier molecular flexibility index (Phi) is 5.08. The molecule has 3 aliphatic heterocycles. The largest absolute Gasteiger partial charge is 0.573 e. The lowest BCUT2D eigenvalue weighted by Crippen LogP contribution is -2.50. The van der Waals surface area contributed by atoms with E-state index in [1.54, 1.807) is 19.1 Å². The maximum atomic E-state index is 13.0. The van der Waals surface area contributed by atoms with Crippen molar-refractivity contribution in [2.45, 2.75) is 58.0 Å². The molecule has 0 amide bonds. The highest BCUT2D eigenvalue weighted by atomic mass is 31.2. The Bertz CT molecular complexity index is 819. The zero-order chi connectivity index (χ0) is 21.0. The van der Waals surface area contributed by atoms with Gasteiger partial charge in [-0.15, -0.1) is 13.2 Å². The normalized spacial score (nSPS) is 27.4. The molecule has 2 bridgehead atoms. The lowest BCUT2D eigenvalue weighted by Gasteiger charge is -2.44. The van der Waals surface area contributed by atoms with Crippen molar-refractivity contribution >= 4 is 18.5 Å². The monoisotopic (exact) mass is 416 g/mol. The summed E-state index contributed by atoms with van der Waals surface area (Å²) in [6.45, 7) is 7.23. The first-order valence-electron chi connectivity index (χ1n) is 9.22. The van der Waals surface area contributed by atoms with Gasteiger partial charge < -0.3 is 15.2 Å². The van der Waals surface area contributed by atoms with Gasteiger partial charge in [-0.2, -0.15) is 0 Å². The number of hydrogen-bond donors (Lipinski definition) is 1. The number of fused-ring (bicyclic) bond motifs is 2. The van der Waals surface area contributed by atoms with Crippen LogP contribution in [0.15, 0.2) is 24.0 Å². The summed E-state index contributed by atoms with van der Waals surface area (Å²) in [5.41, 5.74) is 6.65. The molecule has 0 saturated carbocycles. The average Bonchev–Trinajstić information content (AvgIpc) is 2.54. The number of hydrogen-bond acceptors (Lipinski definition) is 4. The average molecular weight is 416 g/mol. The van der Waals surface area contributed by atoms with Gasteiger partial charge in [-0.3, -0.25) is 0 Å². The topological polar surface area (TPSA) is 61.5 Å². The number of rotatable bonds is 3. The molecule has 0 atom stereocenters. The minimum absolute atomic E-state index is 0.245. The lowest BCUT2D eigenvalue weighted by molar-refractivity contribution is -0.274. The van der Waals surface area contributed by atoms with E-state index in [2.05, 4.69) is 4.74 Å². The minimum atomic E-state index is -4.81. The van der Waals surface area contributed by atoms with Crippen LogP contribution in [0.4, 0.5) is 18.0 Å². The van der Waals surface area contributed by atoms with Gasteiger partial charge in [0.1, 0.15) is 11.4 Å². The molecule has 4 nitrogen and oxygen atoms in total. The number of alkyl halides is 3. The standard InChI is InChI=1S/C20H26F3NO3P/c1-13-5-6-16(26-20(21,22)23)14(11-13)15-12-28(17(25)27-18(2,3)4)9-7-19(15,24)8-10-28/h5-6,11-12H,7-10,24H2,1-4H3/q+1. The molecule has 0 aliphatic carbocycles. The van der Waals surface area contributed by atoms with Crippen molar-refractivity contribution in [1.82, 2.24) is 0 Å². The first-order chi connectivity index (χ1) is 12.7. The van der Waals surface area contributed by atoms with Gasteiger partial charge in [-0.1, -0.05) is 11.6 Å². The molecular formula is C20H26F3NO3P+. The Morgan fingerprint density at radius 3 is 2.32 bits per heavy atom. The van der Waals surface area contributed by atoms with Crippen LogP contribution in [0, 0.1) is 6.92 Å². The summed E-state index contributed by atoms with van der Waals surface area (Å²) in [6, 6.07) is 4.52. The highest BCUT2D eigenvalue weighted by molar-refractivity contribution is 7.93. The van der Waals surface area contributed by atoms with Crippen LogP contribution in [0.1, 0.15) is 44.7 Å². The van der Waals surface area contributed by atoms with Gasteiger partial charge in [0.15, 0.2) is 7.26 Å². The number of halogens is 3. The fourth-order valence-corrected chi connectivity index (χ4v) is 7.70. The summed E-state index contributed by atoms with van der Waals surface area (Å²) in [5, 5.41) is 0. The second-order valence-electron chi connectivity index (χ2n) is 8.71. The first kappa shape index (κ1) is 21.1. The molecule has 1 aromatic rings. The molecule has 1 aromatic carbocycles. The second-order valence-corrected chi connectivity index (χ2v) is 12.3. The molecule has 1 fully saturated rings. The summed E-state index contributed by atoms with van der Waals surface area (Å²) in [4.78, 5) is 13.0. The molecule has 3 heterocycles. The second kappa shape index (κ2) is 6.74. The van der Waals surface area contributed by atoms with Gasteiger partial charge in [0.2, 0.25) is 0 Å². The fraction of sp³-hybridized carbons (Fsp3) is 0.550. The number of carbonyl (C=O) groups is 1. The number of nitrogens with two attached hydrogens (primary N) is 1. The van der Waals surface area contributed by atoms with Crippen LogP contribution >= 0.6 is 7.26 Å². The van der Waals surface area contributed by atoms with Crippen LogP contribution in [0.25, 0.3) is 5.57 Å². The number of benzene rings is 1. The minimum Gasteiger partial charge on any atom is -0.430 e. The predicted octanol–water partition coefficient (Wildman–Crippen LogP) is 5.69. The highest BCUT2D eigenvalue weighted by Crippen LogP contribution is 2.72. The van der Waals surface area contributed by atoms with E-state index < -0.39 is 24.8 Å². The highest BCUT2D eigenvalue weighted by Gasteiger charge is 2.59. The van der Waals surface area contributed by atoms with Gasteiger partial charge in [0.25, 0.3) is 0 Å². The van der Waals surface area contributed by atoms with Gasteiger partial charge in [0.05, 0.1) is 23.7 Å². The van der Waals surface area contributed by atoms with Crippen LogP contribution in [0.5, 0.6) is 5.75 Å². The Morgan fingerprint density at radius 2 is 1.79 bits per heavy atom. The summed E-state index contributed by atoms with van der Waals surface area (Å²) < 4.78 is 48.7. The van der Waals surface area contributed by atoms with E-state index in [0.29, 0.717) is 36.3 Å². The van der Waals surface area contributed by atoms with Crippen molar-refractivity contribution in [2.75, 3.05) is 12.3 Å². The van der Waals surface area contributed by atoms with E-state index in [-0.39, 0.29) is 11.5 Å². The summed E-state index contributed by atoms with van der Waals surface area (Å²) in [5.74, 6) is 1.55. The smallest absolute Gasteiger partial charge is 0.430 e. The molecule has 154 valence electrons. The van der Waals surface area contributed by atoms with Gasteiger partial charge in [0, 0.05) is 24.0 Å². The zero-order valence-corrected chi connectivity index (χ0v) is 17.4. The summed E-state index contributed by atoms with van der Waals surface area (Å²) in [7, 11) is -2.28. The number of ether oxygens (including phenoxy) is 2. The van der Waals surface area contributed by atoms with E-state index >= 15 is 0 Å². The fourth-order valence-electron chi connectivity index (χ4n) is 3.80. The van der Waals surface area contributed by atoms with Crippen LogP contribution in [-0.2, 0) is 4.74 Å². The number of carbonyl (C=O) groups excluding carboxylic acids is 1. The molecule has 8 heteroatoms. The van der Waals surface area contributed by atoms with Gasteiger partial charge in [-0.05, 0) is 39.8 Å². The van der Waals surface area contributed by atoms with Crippen molar-refractivity contribution in [2.24, 2.45) is 5.73 Å². The number of aryl methyl sites for hydroxylation is 1. The Labute approximate surface area is 163 Å². The Hall–Kier alpha value is -1.59. The van der Waals surface area contributed by atoms with Crippen LogP contribution in [-0.4, -0.2) is 35.5 Å². The van der Waals surface area contributed by atoms with Crippen molar-refractivity contribution in [1.29, 1.82) is 0 Å². The van der Waals surface area contributed by atoms with E-state index in [4.69, 9.17) is 10.5 Å². The van der Waals surface area contributed by atoms with E-state index in [0.717, 1.165) is 5.56 Å². The molecule has 28 heavy (non-hydrogen) atoms. The van der Waals surface area contributed by atoms with Crippen molar-refractivity contribution in [3.63, 3.8) is 0 Å². The molecule has 2 N–H and O–H groups in total. The molecule has 0 unspecified atom stereocenters. The molecule has 0 radical (unpaired) electrons. The van der Waals surface area contributed by atoms with Crippen LogP contribution in [0.3, 0.4) is 0 Å². The summed E-state index contributed by atoms with van der Waals surface area (Å²) in [6.07, 6.45) is -2.46. The summed E-state index contributed by atoms with van der Waals surface area (Å²) >= 11 is 0. The molecular weight excluding hydrogens is 390 g/mol. The maximum absolute atomic E-state index is 13.0. The molecule has 0 aromatic heterocycles. The van der Waals surface area contributed by atoms with Crippen molar-refractivity contribution < 1.29 is 27.4 Å². The first-order valence-corrected chi connectivity index (χ1v) is 11.5. The van der Waals surface area contributed by atoms with Gasteiger partial charge >= 0.3 is 12.1 Å². The molecule has 0 spiro atoms.